The van der Waals surface area contributed by atoms with E-state index in [1.807, 2.05) is 32.0 Å². The smallest absolute Gasteiger partial charge is 0.331 e. The van der Waals surface area contributed by atoms with Gasteiger partial charge in [-0.05, 0) is 50.1 Å². The van der Waals surface area contributed by atoms with Crippen molar-refractivity contribution in [1.29, 1.82) is 0 Å². The van der Waals surface area contributed by atoms with E-state index in [2.05, 4.69) is 5.32 Å². The SMILES string of the molecule is CCn1c(=O)c2ccccc2n(CC(=O)N(C)CC(=O)Nc2cccc(C)c2C)c1=O. The van der Waals surface area contributed by atoms with E-state index in [1.165, 1.54) is 16.5 Å². The van der Waals surface area contributed by atoms with Gasteiger partial charge in [0.15, 0.2) is 0 Å². The van der Waals surface area contributed by atoms with Gasteiger partial charge in [-0.15, -0.1) is 0 Å². The number of amides is 2. The molecule has 0 saturated carbocycles. The van der Waals surface area contributed by atoms with Gasteiger partial charge < -0.3 is 10.2 Å². The zero-order chi connectivity index (χ0) is 22.7. The maximum absolute atomic E-state index is 12.8. The van der Waals surface area contributed by atoms with E-state index >= 15 is 0 Å². The first-order valence-electron chi connectivity index (χ1n) is 10.1. The molecule has 1 aromatic heterocycles. The maximum Gasteiger partial charge on any atom is 0.331 e. The molecule has 0 atom stereocenters. The fraction of sp³-hybridized carbons (Fsp3) is 0.304. The van der Waals surface area contributed by atoms with Crippen LogP contribution in [-0.2, 0) is 22.7 Å². The van der Waals surface area contributed by atoms with Crippen molar-refractivity contribution in [3.05, 3.63) is 74.4 Å². The molecule has 1 heterocycles. The molecule has 0 aliphatic carbocycles. The standard InChI is InChI=1S/C23H26N4O4/c1-5-26-22(30)17-10-6-7-12-19(17)27(23(26)31)14-21(29)25(4)13-20(28)24-18-11-8-9-15(2)16(18)3/h6-12H,5,13-14H2,1-4H3,(H,24,28). The van der Waals surface area contributed by atoms with Gasteiger partial charge in [-0.1, -0.05) is 24.3 Å². The Hall–Kier alpha value is -3.68. The second-order valence-electron chi connectivity index (χ2n) is 7.48. The summed E-state index contributed by atoms with van der Waals surface area (Å²) in [5.41, 5.74) is 2.18. The third kappa shape index (κ3) is 4.42. The lowest BCUT2D eigenvalue weighted by atomic mass is 10.1. The fourth-order valence-corrected chi connectivity index (χ4v) is 3.44. The van der Waals surface area contributed by atoms with E-state index in [4.69, 9.17) is 0 Å². The van der Waals surface area contributed by atoms with Gasteiger partial charge in [0.2, 0.25) is 11.8 Å². The first-order valence-corrected chi connectivity index (χ1v) is 10.1. The lowest BCUT2D eigenvalue weighted by Crippen LogP contribution is -2.43. The number of para-hydroxylation sites is 1. The van der Waals surface area contributed by atoms with Crippen molar-refractivity contribution in [2.75, 3.05) is 18.9 Å². The number of carbonyl (C=O) groups excluding carboxylic acids is 2. The number of nitrogens with one attached hydrogen (secondary N) is 1. The number of benzene rings is 2. The van der Waals surface area contributed by atoms with Crippen LogP contribution in [0.2, 0.25) is 0 Å². The molecule has 2 amide bonds. The summed E-state index contributed by atoms with van der Waals surface area (Å²) in [5, 5.41) is 3.19. The molecule has 3 rings (SSSR count). The van der Waals surface area contributed by atoms with Gasteiger partial charge in [0.05, 0.1) is 17.4 Å². The van der Waals surface area contributed by atoms with E-state index < -0.39 is 11.6 Å². The van der Waals surface area contributed by atoms with Crippen LogP contribution in [0.4, 0.5) is 5.69 Å². The highest BCUT2D eigenvalue weighted by atomic mass is 16.2. The number of nitrogens with zero attached hydrogens (tertiary/aromatic N) is 3. The van der Waals surface area contributed by atoms with Crippen molar-refractivity contribution in [1.82, 2.24) is 14.0 Å². The highest BCUT2D eigenvalue weighted by molar-refractivity contribution is 5.95. The molecular weight excluding hydrogens is 396 g/mol. The molecule has 0 aliphatic rings. The minimum absolute atomic E-state index is 0.160. The Morgan fingerprint density at radius 2 is 1.71 bits per heavy atom. The summed E-state index contributed by atoms with van der Waals surface area (Å²) < 4.78 is 2.38. The Balaban J connectivity index is 1.81. The molecule has 1 N–H and O–H groups in total. The van der Waals surface area contributed by atoms with Gasteiger partial charge in [0.1, 0.15) is 6.54 Å². The Morgan fingerprint density at radius 1 is 1.00 bits per heavy atom. The highest BCUT2D eigenvalue weighted by Crippen LogP contribution is 2.17. The molecule has 8 nitrogen and oxygen atoms in total. The van der Waals surface area contributed by atoms with Gasteiger partial charge in [-0.25, -0.2) is 4.79 Å². The zero-order valence-corrected chi connectivity index (χ0v) is 18.1. The van der Waals surface area contributed by atoms with E-state index in [0.717, 1.165) is 15.7 Å². The summed E-state index contributed by atoms with van der Waals surface area (Å²) in [5.74, 6) is -0.745. The quantitative estimate of drug-likeness (QED) is 0.657. The van der Waals surface area contributed by atoms with Crippen molar-refractivity contribution in [3.8, 4) is 0 Å². The van der Waals surface area contributed by atoms with Gasteiger partial charge in [0.25, 0.3) is 5.56 Å². The van der Waals surface area contributed by atoms with Crippen LogP contribution in [0.1, 0.15) is 18.1 Å². The largest absolute Gasteiger partial charge is 0.335 e. The number of carbonyl (C=O) groups is 2. The zero-order valence-electron chi connectivity index (χ0n) is 18.1. The first-order chi connectivity index (χ1) is 14.7. The molecule has 0 radical (unpaired) electrons. The number of fused-ring (bicyclic) bond motifs is 1. The number of likely N-dealkylation sites (N-methyl/N-ethyl adjacent to an activating group) is 1. The van der Waals surface area contributed by atoms with E-state index in [-0.39, 0.29) is 31.1 Å². The summed E-state index contributed by atoms with van der Waals surface area (Å²) in [6.07, 6.45) is 0. The molecule has 0 aliphatic heterocycles. The van der Waals surface area contributed by atoms with E-state index in [0.29, 0.717) is 16.6 Å². The predicted octanol–water partition coefficient (Wildman–Crippen LogP) is 1.90. The van der Waals surface area contributed by atoms with Crippen LogP contribution in [0.25, 0.3) is 10.9 Å². The van der Waals surface area contributed by atoms with Crippen LogP contribution < -0.4 is 16.6 Å². The third-order valence-electron chi connectivity index (χ3n) is 5.43. The van der Waals surface area contributed by atoms with Crippen LogP contribution in [0.3, 0.4) is 0 Å². The molecule has 2 aromatic carbocycles. The summed E-state index contributed by atoms with van der Waals surface area (Å²) in [6.45, 7) is 5.34. The predicted molar refractivity (Wildman–Crippen MR) is 120 cm³/mol. The number of anilines is 1. The van der Waals surface area contributed by atoms with Gasteiger partial charge >= 0.3 is 5.69 Å². The van der Waals surface area contributed by atoms with Crippen molar-refractivity contribution in [2.24, 2.45) is 0 Å². The molecule has 0 saturated heterocycles. The Kier molecular flexibility index (Phi) is 6.39. The summed E-state index contributed by atoms with van der Waals surface area (Å²) >= 11 is 0. The molecule has 0 unspecified atom stereocenters. The highest BCUT2D eigenvalue weighted by Gasteiger charge is 2.18. The second kappa shape index (κ2) is 8.99. The van der Waals surface area contributed by atoms with Crippen molar-refractivity contribution < 1.29 is 9.59 Å². The lowest BCUT2D eigenvalue weighted by Gasteiger charge is -2.19. The van der Waals surface area contributed by atoms with Crippen LogP contribution in [0.5, 0.6) is 0 Å². The molecule has 3 aromatic rings. The maximum atomic E-state index is 12.8. The van der Waals surface area contributed by atoms with Crippen molar-refractivity contribution in [3.63, 3.8) is 0 Å². The average molecular weight is 422 g/mol. The number of aromatic nitrogens is 2. The van der Waals surface area contributed by atoms with Crippen LogP contribution in [0.15, 0.2) is 52.1 Å². The molecule has 0 spiro atoms. The molecule has 31 heavy (non-hydrogen) atoms. The van der Waals surface area contributed by atoms with E-state index in [9.17, 15) is 19.2 Å². The number of rotatable bonds is 6. The Morgan fingerprint density at radius 3 is 2.42 bits per heavy atom. The molecular formula is C23H26N4O4. The van der Waals surface area contributed by atoms with Gasteiger partial charge in [-0.3, -0.25) is 23.5 Å². The van der Waals surface area contributed by atoms with Crippen LogP contribution >= 0.6 is 0 Å². The minimum Gasteiger partial charge on any atom is -0.335 e. The number of hydrogen-bond acceptors (Lipinski definition) is 4. The lowest BCUT2D eigenvalue weighted by molar-refractivity contribution is -0.133. The van der Waals surface area contributed by atoms with Crippen molar-refractivity contribution in [2.45, 2.75) is 33.9 Å². The molecule has 0 bridgehead atoms. The molecule has 8 heteroatoms. The fourth-order valence-electron chi connectivity index (χ4n) is 3.44. The van der Waals surface area contributed by atoms with Crippen molar-refractivity contribution >= 4 is 28.4 Å². The normalized spacial score (nSPS) is 10.8. The Labute approximate surface area is 179 Å². The van der Waals surface area contributed by atoms with E-state index in [1.54, 1.807) is 31.2 Å². The monoisotopic (exact) mass is 422 g/mol. The first kappa shape index (κ1) is 22.0. The number of hydrogen-bond donors (Lipinski definition) is 1. The third-order valence-corrected chi connectivity index (χ3v) is 5.43. The average Bonchev–Trinajstić information content (AvgIpc) is 2.74. The minimum atomic E-state index is -0.548. The Bertz CT molecular complexity index is 1270. The van der Waals surface area contributed by atoms with Crippen LogP contribution in [0, 0.1) is 13.8 Å². The summed E-state index contributed by atoms with van der Waals surface area (Å²) in [7, 11) is 1.51. The molecule has 162 valence electrons. The van der Waals surface area contributed by atoms with Gasteiger partial charge in [-0.2, -0.15) is 0 Å². The van der Waals surface area contributed by atoms with Crippen LogP contribution in [-0.4, -0.2) is 39.4 Å². The van der Waals surface area contributed by atoms with Gasteiger partial charge in [0, 0.05) is 19.3 Å². The summed E-state index contributed by atoms with van der Waals surface area (Å²) in [6, 6.07) is 12.3. The topological polar surface area (TPSA) is 93.4 Å². The molecule has 0 fully saturated rings. The summed E-state index contributed by atoms with van der Waals surface area (Å²) in [4.78, 5) is 51.8. The number of aryl methyl sites for hydroxylation is 1. The second-order valence-corrected chi connectivity index (χ2v) is 7.48.